The van der Waals surface area contributed by atoms with Crippen molar-refractivity contribution in [2.75, 3.05) is 13.1 Å². The predicted molar refractivity (Wildman–Crippen MR) is 72.8 cm³/mol. The van der Waals surface area contributed by atoms with E-state index in [4.69, 9.17) is 0 Å². The van der Waals surface area contributed by atoms with Crippen molar-refractivity contribution in [3.63, 3.8) is 0 Å². The average Bonchev–Trinajstić information content (AvgIpc) is 2.32. The first-order chi connectivity index (χ1) is 7.79. The molecule has 1 nitrogen and oxygen atoms in total. The van der Waals surface area contributed by atoms with Crippen LogP contribution < -0.4 is 5.32 Å². The van der Waals surface area contributed by atoms with Crippen molar-refractivity contribution in [3.8, 4) is 0 Å². The Hall–Kier alpha value is -0.0400. The molecule has 0 heterocycles. The molecule has 0 atom stereocenters. The highest BCUT2D eigenvalue weighted by Gasteiger charge is 2.37. The monoisotopic (exact) mass is 225 g/mol. The third-order valence-corrected chi connectivity index (χ3v) is 4.60. The maximum atomic E-state index is 3.69. The summed E-state index contributed by atoms with van der Waals surface area (Å²) in [5, 5.41) is 3.69. The van der Waals surface area contributed by atoms with Crippen LogP contribution in [0.3, 0.4) is 0 Å². The quantitative estimate of drug-likeness (QED) is 0.634. The molecule has 0 saturated heterocycles. The minimum absolute atomic E-state index is 0.636. The van der Waals surface area contributed by atoms with Crippen LogP contribution in [0.5, 0.6) is 0 Å². The summed E-state index contributed by atoms with van der Waals surface area (Å²) in [6, 6.07) is 0. The molecule has 96 valence electrons. The van der Waals surface area contributed by atoms with Crippen molar-refractivity contribution < 1.29 is 0 Å². The summed E-state index contributed by atoms with van der Waals surface area (Å²) in [7, 11) is 0. The summed E-state index contributed by atoms with van der Waals surface area (Å²) in [4.78, 5) is 0. The van der Waals surface area contributed by atoms with Gasteiger partial charge in [0.05, 0.1) is 0 Å². The Morgan fingerprint density at radius 3 is 2.12 bits per heavy atom. The SMILES string of the molecule is CCCNCC1(C(CC)CC)CCCCC1. The summed E-state index contributed by atoms with van der Waals surface area (Å²) in [6.45, 7) is 9.49. The highest BCUT2D eigenvalue weighted by molar-refractivity contribution is 4.89. The molecule has 0 unspecified atom stereocenters. The smallest absolute Gasteiger partial charge is 0.00105 e. The second-order valence-corrected chi connectivity index (χ2v) is 5.61. The van der Waals surface area contributed by atoms with Crippen LogP contribution in [-0.4, -0.2) is 13.1 Å². The molecule has 0 aromatic rings. The Bertz CT molecular complexity index is 166. The zero-order chi connectivity index (χ0) is 11.9. The van der Waals surface area contributed by atoms with E-state index in [9.17, 15) is 0 Å². The lowest BCUT2D eigenvalue weighted by Gasteiger charge is -2.44. The fraction of sp³-hybridized carbons (Fsp3) is 1.00. The van der Waals surface area contributed by atoms with Crippen LogP contribution in [0.1, 0.15) is 72.1 Å². The van der Waals surface area contributed by atoms with Gasteiger partial charge in [-0.05, 0) is 37.1 Å². The lowest BCUT2D eigenvalue weighted by atomic mass is 9.64. The van der Waals surface area contributed by atoms with Crippen molar-refractivity contribution in [3.05, 3.63) is 0 Å². The van der Waals surface area contributed by atoms with E-state index in [0.29, 0.717) is 5.41 Å². The van der Waals surface area contributed by atoms with E-state index in [-0.39, 0.29) is 0 Å². The molecule has 0 bridgehead atoms. The van der Waals surface area contributed by atoms with Gasteiger partial charge in [0.2, 0.25) is 0 Å². The first-order valence-electron chi connectivity index (χ1n) is 7.49. The molecular formula is C15H31N. The Labute approximate surface area is 102 Å². The van der Waals surface area contributed by atoms with Gasteiger partial charge >= 0.3 is 0 Å². The molecule has 0 aliphatic heterocycles. The molecular weight excluding hydrogens is 194 g/mol. The van der Waals surface area contributed by atoms with Crippen LogP contribution in [0.25, 0.3) is 0 Å². The molecule has 0 spiro atoms. The first kappa shape index (κ1) is 14.0. The molecule has 1 rings (SSSR count). The van der Waals surface area contributed by atoms with Crippen LogP contribution in [0, 0.1) is 11.3 Å². The third kappa shape index (κ3) is 3.48. The van der Waals surface area contributed by atoms with Crippen molar-refractivity contribution in [1.82, 2.24) is 5.32 Å². The number of hydrogen-bond donors (Lipinski definition) is 1. The molecule has 0 aromatic heterocycles. The summed E-state index contributed by atoms with van der Waals surface area (Å²) in [5.74, 6) is 0.942. The van der Waals surface area contributed by atoms with Gasteiger partial charge in [0, 0.05) is 6.54 Å². The molecule has 1 heteroatoms. The van der Waals surface area contributed by atoms with E-state index in [1.54, 1.807) is 0 Å². The van der Waals surface area contributed by atoms with Gasteiger partial charge in [-0.3, -0.25) is 0 Å². The van der Waals surface area contributed by atoms with E-state index < -0.39 is 0 Å². The van der Waals surface area contributed by atoms with E-state index in [1.807, 2.05) is 0 Å². The fourth-order valence-electron chi connectivity index (χ4n) is 3.65. The Balaban J connectivity index is 2.58. The second-order valence-electron chi connectivity index (χ2n) is 5.61. The number of hydrogen-bond acceptors (Lipinski definition) is 1. The molecule has 1 fully saturated rings. The van der Waals surface area contributed by atoms with Crippen LogP contribution in [0.15, 0.2) is 0 Å². The fourth-order valence-corrected chi connectivity index (χ4v) is 3.65. The van der Waals surface area contributed by atoms with Gasteiger partial charge in [0.1, 0.15) is 0 Å². The van der Waals surface area contributed by atoms with E-state index in [2.05, 4.69) is 26.1 Å². The van der Waals surface area contributed by atoms with Gasteiger partial charge in [-0.25, -0.2) is 0 Å². The molecule has 0 radical (unpaired) electrons. The molecule has 1 aliphatic carbocycles. The van der Waals surface area contributed by atoms with Crippen LogP contribution in [0.2, 0.25) is 0 Å². The number of rotatable bonds is 7. The summed E-state index contributed by atoms with van der Waals surface area (Å²) in [5.41, 5.74) is 0.636. The van der Waals surface area contributed by atoms with Crippen molar-refractivity contribution in [1.29, 1.82) is 0 Å². The molecule has 1 saturated carbocycles. The highest BCUT2D eigenvalue weighted by atomic mass is 14.9. The lowest BCUT2D eigenvalue weighted by Crippen LogP contribution is -2.42. The number of nitrogens with one attached hydrogen (secondary N) is 1. The van der Waals surface area contributed by atoms with Gasteiger partial charge in [0.25, 0.3) is 0 Å². The highest BCUT2D eigenvalue weighted by Crippen LogP contribution is 2.44. The van der Waals surface area contributed by atoms with E-state index >= 15 is 0 Å². The zero-order valence-electron chi connectivity index (χ0n) is 11.6. The summed E-state index contributed by atoms with van der Waals surface area (Å²) >= 11 is 0. The van der Waals surface area contributed by atoms with E-state index in [1.165, 1.54) is 64.5 Å². The average molecular weight is 225 g/mol. The Kier molecular flexibility index (Phi) is 6.41. The van der Waals surface area contributed by atoms with Crippen molar-refractivity contribution >= 4 is 0 Å². The van der Waals surface area contributed by atoms with Crippen molar-refractivity contribution in [2.24, 2.45) is 11.3 Å². The Morgan fingerprint density at radius 1 is 1.00 bits per heavy atom. The minimum atomic E-state index is 0.636. The topological polar surface area (TPSA) is 12.0 Å². The molecule has 0 amide bonds. The molecule has 16 heavy (non-hydrogen) atoms. The molecule has 1 aliphatic rings. The van der Waals surface area contributed by atoms with Crippen LogP contribution in [-0.2, 0) is 0 Å². The normalized spacial score (nSPS) is 20.2. The van der Waals surface area contributed by atoms with Crippen molar-refractivity contribution in [2.45, 2.75) is 72.1 Å². The summed E-state index contributed by atoms with van der Waals surface area (Å²) in [6.07, 6.45) is 11.3. The third-order valence-electron chi connectivity index (χ3n) is 4.60. The zero-order valence-corrected chi connectivity index (χ0v) is 11.6. The van der Waals surface area contributed by atoms with Gasteiger partial charge in [-0.1, -0.05) is 52.9 Å². The van der Waals surface area contributed by atoms with Gasteiger partial charge in [0.15, 0.2) is 0 Å². The predicted octanol–water partition coefficient (Wildman–Crippen LogP) is 4.37. The van der Waals surface area contributed by atoms with Gasteiger partial charge in [-0.2, -0.15) is 0 Å². The maximum absolute atomic E-state index is 3.69. The first-order valence-corrected chi connectivity index (χ1v) is 7.49. The van der Waals surface area contributed by atoms with Gasteiger partial charge < -0.3 is 5.32 Å². The largest absolute Gasteiger partial charge is 0.316 e. The maximum Gasteiger partial charge on any atom is 0.00105 e. The lowest BCUT2D eigenvalue weighted by molar-refractivity contribution is 0.0873. The summed E-state index contributed by atoms with van der Waals surface area (Å²) < 4.78 is 0. The van der Waals surface area contributed by atoms with Crippen LogP contribution in [0.4, 0.5) is 0 Å². The molecule has 0 aromatic carbocycles. The van der Waals surface area contributed by atoms with Gasteiger partial charge in [-0.15, -0.1) is 0 Å². The minimum Gasteiger partial charge on any atom is -0.316 e. The second kappa shape index (κ2) is 7.32. The van der Waals surface area contributed by atoms with Crippen LogP contribution >= 0.6 is 0 Å². The van der Waals surface area contributed by atoms with E-state index in [0.717, 1.165) is 5.92 Å². The standard InChI is InChI=1S/C15H31N/c1-4-12-16-13-15(14(5-2)6-3)10-8-7-9-11-15/h14,16H,4-13H2,1-3H3. The molecule has 1 N–H and O–H groups in total. The Morgan fingerprint density at radius 2 is 1.62 bits per heavy atom.